The van der Waals surface area contributed by atoms with Crippen LogP contribution in [-0.2, 0) is 31.4 Å². The molecule has 2 aromatic rings. The number of ether oxygens (including phenoxy) is 1. The molecule has 0 aliphatic carbocycles. The van der Waals surface area contributed by atoms with Gasteiger partial charge in [0.05, 0.1) is 6.61 Å². The van der Waals surface area contributed by atoms with Crippen molar-refractivity contribution in [1.82, 2.24) is 10.2 Å². The Kier molecular flexibility index (Phi) is 10.6. The topological polar surface area (TPSA) is 75.7 Å². The number of nitrogens with zero attached hydrogens (tertiary/aromatic N) is 1. The molecule has 1 atom stereocenters. The SMILES string of the molecule is CCOC(=O)CNC(=O)C(CCSCc1ccccc1)N(Cc1ccccc1)C(C)=O. The second kappa shape index (κ2) is 13.5. The summed E-state index contributed by atoms with van der Waals surface area (Å²) in [6.07, 6.45) is 0.485. The van der Waals surface area contributed by atoms with Crippen LogP contribution in [0.2, 0.25) is 0 Å². The van der Waals surface area contributed by atoms with E-state index in [1.807, 2.05) is 48.5 Å². The van der Waals surface area contributed by atoms with Crippen LogP contribution in [0.4, 0.5) is 0 Å². The van der Waals surface area contributed by atoms with Crippen LogP contribution in [0.5, 0.6) is 0 Å². The summed E-state index contributed by atoms with van der Waals surface area (Å²) in [5, 5.41) is 2.63. The fourth-order valence-electron chi connectivity index (χ4n) is 3.10. The van der Waals surface area contributed by atoms with Gasteiger partial charge in [0.2, 0.25) is 11.8 Å². The lowest BCUT2D eigenvalue weighted by molar-refractivity contribution is -0.145. The molecule has 2 amide bonds. The second-order valence-electron chi connectivity index (χ2n) is 7.00. The fraction of sp³-hybridized carbons (Fsp3) is 0.375. The van der Waals surface area contributed by atoms with Crippen molar-refractivity contribution in [3.63, 3.8) is 0 Å². The highest BCUT2D eigenvalue weighted by atomic mass is 32.2. The van der Waals surface area contributed by atoms with Gasteiger partial charge in [-0.2, -0.15) is 11.8 Å². The number of rotatable bonds is 12. The van der Waals surface area contributed by atoms with Crippen LogP contribution in [0.25, 0.3) is 0 Å². The number of hydrogen-bond donors (Lipinski definition) is 1. The number of hydrogen-bond acceptors (Lipinski definition) is 5. The molecule has 0 aliphatic heterocycles. The van der Waals surface area contributed by atoms with Gasteiger partial charge in [0.1, 0.15) is 12.6 Å². The van der Waals surface area contributed by atoms with E-state index in [2.05, 4.69) is 17.4 Å². The monoisotopic (exact) mass is 442 g/mol. The summed E-state index contributed by atoms with van der Waals surface area (Å²) >= 11 is 1.71. The second-order valence-corrected chi connectivity index (χ2v) is 8.10. The van der Waals surface area contributed by atoms with Crippen LogP contribution in [0.3, 0.4) is 0 Å². The first-order valence-corrected chi connectivity index (χ1v) is 11.5. The predicted octanol–water partition coefficient (Wildman–Crippen LogP) is 3.41. The minimum absolute atomic E-state index is 0.187. The van der Waals surface area contributed by atoms with E-state index in [1.165, 1.54) is 12.5 Å². The van der Waals surface area contributed by atoms with Gasteiger partial charge < -0.3 is 15.0 Å². The first-order valence-electron chi connectivity index (χ1n) is 10.4. The van der Waals surface area contributed by atoms with E-state index < -0.39 is 12.0 Å². The molecule has 1 unspecified atom stereocenters. The molecule has 7 heteroatoms. The molecule has 6 nitrogen and oxygen atoms in total. The smallest absolute Gasteiger partial charge is 0.325 e. The van der Waals surface area contributed by atoms with Crippen molar-refractivity contribution in [2.75, 3.05) is 18.9 Å². The first kappa shape index (κ1) is 24.5. The molecule has 166 valence electrons. The van der Waals surface area contributed by atoms with E-state index in [9.17, 15) is 14.4 Å². The third-order valence-corrected chi connectivity index (χ3v) is 5.70. The lowest BCUT2D eigenvalue weighted by Crippen LogP contribution is -2.50. The first-order chi connectivity index (χ1) is 15.0. The zero-order chi connectivity index (χ0) is 22.5. The van der Waals surface area contributed by atoms with Gasteiger partial charge in [-0.15, -0.1) is 0 Å². The van der Waals surface area contributed by atoms with Crippen molar-refractivity contribution in [2.45, 2.75) is 38.6 Å². The van der Waals surface area contributed by atoms with E-state index in [0.717, 1.165) is 11.3 Å². The Balaban J connectivity index is 2.05. The third kappa shape index (κ3) is 8.84. The normalized spacial score (nSPS) is 11.4. The largest absolute Gasteiger partial charge is 0.465 e. The molecule has 2 rings (SSSR count). The molecule has 1 N–H and O–H groups in total. The fourth-order valence-corrected chi connectivity index (χ4v) is 4.06. The average Bonchev–Trinajstić information content (AvgIpc) is 2.78. The van der Waals surface area contributed by atoms with Crippen LogP contribution in [0, 0.1) is 0 Å². The van der Waals surface area contributed by atoms with Crippen LogP contribution in [-0.4, -0.2) is 47.6 Å². The van der Waals surface area contributed by atoms with Crippen molar-refractivity contribution in [1.29, 1.82) is 0 Å². The number of thioether (sulfide) groups is 1. The zero-order valence-electron chi connectivity index (χ0n) is 18.1. The molecule has 2 aromatic carbocycles. The summed E-state index contributed by atoms with van der Waals surface area (Å²) in [6.45, 7) is 3.55. The van der Waals surface area contributed by atoms with Crippen molar-refractivity contribution in [2.24, 2.45) is 0 Å². The molecule has 0 saturated carbocycles. The molecule has 31 heavy (non-hydrogen) atoms. The maximum absolute atomic E-state index is 12.9. The van der Waals surface area contributed by atoms with E-state index in [0.29, 0.717) is 18.7 Å². The number of esters is 1. The van der Waals surface area contributed by atoms with E-state index in [4.69, 9.17) is 4.74 Å². The van der Waals surface area contributed by atoms with Crippen molar-refractivity contribution < 1.29 is 19.1 Å². The van der Waals surface area contributed by atoms with Gasteiger partial charge in [-0.3, -0.25) is 14.4 Å². The Morgan fingerprint density at radius 2 is 1.61 bits per heavy atom. The minimum Gasteiger partial charge on any atom is -0.465 e. The third-order valence-electron chi connectivity index (χ3n) is 4.64. The Bertz CT molecular complexity index is 830. The molecule has 0 aromatic heterocycles. The molecule has 0 aliphatic rings. The van der Waals surface area contributed by atoms with Gasteiger partial charge in [-0.25, -0.2) is 0 Å². The van der Waals surface area contributed by atoms with Crippen LogP contribution in [0.1, 0.15) is 31.4 Å². The molecule has 0 bridgehead atoms. The summed E-state index contributed by atoms with van der Waals surface area (Å²) in [4.78, 5) is 38.6. The summed E-state index contributed by atoms with van der Waals surface area (Å²) < 4.78 is 4.88. The van der Waals surface area contributed by atoms with Gasteiger partial charge in [-0.05, 0) is 30.2 Å². The summed E-state index contributed by atoms with van der Waals surface area (Å²) in [5.74, 6) is 0.500. The predicted molar refractivity (Wildman–Crippen MR) is 123 cm³/mol. The van der Waals surface area contributed by atoms with Crippen LogP contribution >= 0.6 is 11.8 Å². The minimum atomic E-state index is -0.671. The van der Waals surface area contributed by atoms with Gasteiger partial charge in [0.15, 0.2) is 0 Å². The average molecular weight is 443 g/mol. The van der Waals surface area contributed by atoms with Crippen molar-refractivity contribution in [3.05, 3.63) is 71.8 Å². The maximum Gasteiger partial charge on any atom is 0.325 e. The van der Waals surface area contributed by atoms with E-state index in [-0.39, 0.29) is 25.0 Å². The summed E-state index contributed by atoms with van der Waals surface area (Å²) in [6, 6.07) is 19.0. The highest BCUT2D eigenvalue weighted by molar-refractivity contribution is 7.98. The summed E-state index contributed by atoms with van der Waals surface area (Å²) in [7, 11) is 0. The van der Waals surface area contributed by atoms with Crippen LogP contribution < -0.4 is 5.32 Å². The number of carbonyl (C=O) groups excluding carboxylic acids is 3. The Hall–Kier alpha value is -2.80. The van der Waals surface area contributed by atoms with Crippen molar-refractivity contribution in [3.8, 4) is 0 Å². The molecular formula is C24H30N2O4S. The lowest BCUT2D eigenvalue weighted by atomic mass is 10.1. The van der Waals surface area contributed by atoms with Crippen molar-refractivity contribution >= 4 is 29.5 Å². The Labute approximate surface area is 188 Å². The van der Waals surface area contributed by atoms with Gasteiger partial charge in [0, 0.05) is 19.2 Å². The van der Waals surface area contributed by atoms with Crippen LogP contribution in [0.15, 0.2) is 60.7 Å². The molecule has 0 heterocycles. The Morgan fingerprint density at radius 3 is 2.19 bits per heavy atom. The molecule has 0 spiro atoms. The van der Waals surface area contributed by atoms with Gasteiger partial charge in [-0.1, -0.05) is 60.7 Å². The number of nitrogens with one attached hydrogen (secondary N) is 1. The molecule has 0 fully saturated rings. The number of benzene rings is 2. The zero-order valence-corrected chi connectivity index (χ0v) is 18.9. The molecule has 0 saturated heterocycles. The van der Waals surface area contributed by atoms with E-state index in [1.54, 1.807) is 23.6 Å². The maximum atomic E-state index is 12.9. The number of amides is 2. The van der Waals surface area contributed by atoms with Gasteiger partial charge in [0.25, 0.3) is 0 Å². The van der Waals surface area contributed by atoms with Gasteiger partial charge >= 0.3 is 5.97 Å². The quantitative estimate of drug-likeness (QED) is 0.403. The molecule has 0 radical (unpaired) electrons. The highest BCUT2D eigenvalue weighted by Crippen LogP contribution is 2.18. The lowest BCUT2D eigenvalue weighted by Gasteiger charge is -2.30. The molecular weight excluding hydrogens is 412 g/mol. The van der Waals surface area contributed by atoms with E-state index >= 15 is 0 Å². The summed E-state index contributed by atoms with van der Waals surface area (Å²) in [5.41, 5.74) is 2.15. The standard InChI is InChI=1S/C24H30N2O4S/c1-3-30-23(28)16-25-24(29)22(14-15-31-18-21-12-8-5-9-13-21)26(19(2)27)17-20-10-6-4-7-11-20/h4-13,22H,3,14-18H2,1-2H3,(H,25,29). The Morgan fingerprint density at radius 1 is 1.00 bits per heavy atom. The highest BCUT2D eigenvalue weighted by Gasteiger charge is 2.28. The number of carbonyl (C=O) groups is 3.